The molecular weight excluding hydrogens is 259 g/mol. The Morgan fingerprint density at radius 2 is 2.30 bits per heavy atom. The predicted octanol–water partition coefficient (Wildman–Crippen LogP) is 1.52. The van der Waals surface area contributed by atoms with Crippen LogP contribution < -0.4 is 10.2 Å². The summed E-state index contributed by atoms with van der Waals surface area (Å²) in [4.78, 5) is 1.93. The third kappa shape index (κ3) is 3.48. The van der Waals surface area contributed by atoms with Crippen LogP contribution in [0.3, 0.4) is 0 Å². The van der Waals surface area contributed by atoms with Gasteiger partial charge in [-0.3, -0.25) is 0 Å². The second-order valence-electron chi connectivity index (χ2n) is 5.39. The molecule has 1 aromatic carbocycles. The van der Waals surface area contributed by atoms with Crippen molar-refractivity contribution in [3.8, 4) is 0 Å². The SMILES string of the molecule is CC(C)NCc1cccc(F)c1N1CCOCC1CO. The van der Waals surface area contributed by atoms with Gasteiger partial charge in [0.05, 0.1) is 31.5 Å². The molecule has 20 heavy (non-hydrogen) atoms. The van der Waals surface area contributed by atoms with Crippen LogP contribution in [-0.2, 0) is 11.3 Å². The minimum Gasteiger partial charge on any atom is -0.394 e. The fourth-order valence-corrected chi connectivity index (χ4v) is 2.44. The van der Waals surface area contributed by atoms with Crippen molar-refractivity contribution in [2.45, 2.75) is 32.5 Å². The number of rotatable bonds is 5. The number of benzene rings is 1. The zero-order valence-corrected chi connectivity index (χ0v) is 12.1. The van der Waals surface area contributed by atoms with Crippen molar-refractivity contribution in [2.75, 3.05) is 31.3 Å². The molecule has 0 radical (unpaired) electrons. The van der Waals surface area contributed by atoms with E-state index >= 15 is 0 Å². The van der Waals surface area contributed by atoms with Gasteiger partial charge in [-0.2, -0.15) is 0 Å². The number of nitrogens with zero attached hydrogens (tertiary/aromatic N) is 1. The molecule has 5 heteroatoms. The van der Waals surface area contributed by atoms with Crippen molar-refractivity contribution in [2.24, 2.45) is 0 Å². The topological polar surface area (TPSA) is 44.7 Å². The van der Waals surface area contributed by atoms with Gasteiger partial charge in [-0.1, -0.05) is 26.0 Å². The Morgan fingerprint density at radius 3 is 3.00 bits per heavy atom. The number of nitrogens with one attached hydrogen (secondary N) is 1. The van der Waals surface area contributed by atoms with Crippen LogP contribution in [0.2, 0.25) is 0 Å². The number of aliphatic hydroxyl groups is 1. The second kappa shape index (κ2) is 7.02. The van der Waals surface area contributed by atoms with E-state index < -0.39 is 0 Å². The van der Waals surface area contributed by atoms with Gasteiger partial charge in [0.2, 0.25) is 0 Å². The van der Waals surface area contributed by atoms with Crippen molar-refractivity contribution in [3.63, 3.8) is 0 Å². The van der Waals surface area contributed by atoms with E-state index in [1.807, 2.05) is 11.0 Å². The molecule has 2 rings (SSSR count). The molecule has 1 unspecified atom stereocenters. The lowest BCUT2D eigenvalue weighted by molar-refractivity contribution is 0.0722. The third-order valence-corrected chi connectivity index (χ3v) is 3.50. The van der Waals surface area contributed by atoms with Gasteiger partial charge in [0.1, 0.15) is 5.82 Å². The smallest absolute Gasteiger partial charge is 0.146 e. The summed E-state index contributed by atoms with van der Waals surface area (Å²) in [6.07, 6.45) is 0. The molecule has 1 saturated heterocycles. The average molecular weight is 282 g/mol. The van der Waals surface area contributed by atoms with Crippen molar-refractivity contribution in [1.29, 1.82) is 0 Å². The van der Waals surface area contributed by atoms with Gasteiger partial charge in [-0.05, 0) is 11.6 Å². The molecule has 0 bridgehead atoms. The number of hydrogen-bond donors (Lipinski definition) is 2. The zero-order valence-electron chi connectivity index (χ0n) is 12.1. The Bertz CT molecular complexity index is 440. The van der Waals surface area contributed by atoms with E-state index in [1.54, 1.807) is 6.07 Å². The van der Waals surface area contributed by atoms with Crippen LogP contribution in [0, 0.1) is 5.82 Å². The molecule has 0 aliphatic carbocycles. The van der Waals surface area contributed by atoms with E-state index in [2.05, 4.69) is 19.2 Å². The van der Waals surface area contributed by atoms with Crippen molar-refractivity contribution in [3.05, 3.63) is 29.6 Å². The highest BCUT2D eigenvalue weighted by Crippen LogP contribution is 2.27. The first-order valence-corrected chi connectivity index (χ1v) is 7.09. The van der Waals surface area contributed by atoms with Crippen LogP contribution in [0.15, 0.2) is 18.2 Å². The summed E-state index contributed by atoms with van der Waals surface area (Å²) in [5, 5.41) is 12.8. The molecule has 112 valence electrons. The normalized spacial score (nSPS) is 19.6. The minimum atomic E-state index is -0.242. The lowest BCUT2D eigenvalue weighted by Gasteiger charge is -2.37. The first kappa shape index (κ1) is 15.2. The number of ether oxygens (including phenoxy) is 1. The zero-order chi connectivity index (χ0) is 14.5. The molecule has 1 heterocycles. The molecule has 0 spiro atoms. The standard InChI is InChI=1S/C15H23FN2O2/c1-11(2)17-8-12-4-3-5-14(16)15(12)18-6-7-20-10-13(18)9-19/h3-5,11,13,17,19H,6-10H2,1-2H3. The van der Waals surface area contributed by atoms with Crippen LogP contribution in [0.1, 0.15) is 19.4 Å². The quantitative estimate of drug-likeness (QED) is 0.859. The molecule has 2 N–H and O–H groups in total. The molecule has 1 aliphatic rings. The van der Waals surface area contributed by atoms with E-state index in [9.17, 15) is 9.50 Å². The lowest BCUT2D eigenvalue weighted by Crippen LogP contribution is -2.48. The Morgan fingerprint density at radius 1 is 1.50 bits per heavy atom. The van der Waals surface area contributed by atoms with Crippen LogP contribution in [-0.4, -0.2) is 43.6 Å². The summed E-state index contributed by atoms with van der Waals surface area (Å²) < 4.78 is 19.6. The van der Waals surface area contributed by atoms with E-state index in [0.29, 0.717) is 38.0 Å². The Hall–Kier alpha value is -1.17. The van der Waals surface area contributed by atoms with Crippen LogP contribution in [0.5, 0.6) is 0 Å². The predicted molar refractivity (Wildman–Crippen MR) is 77.4 cm³/mol. The number of halogens is 1. The highest BCUT2D eigenvalue weighted by molar-refractivity contribution is 5.56. The Kier molecular flexibility index (Phi) is 5.34. The summed E-state index contributed by atoms with van der Waals surface area (Å²) in [5.41, 5.74) is 1.50. The first-order valence-electron chi connectivity index (χ1n) is 7.09. The molecule has 1 aliphatic heterocycles. The third-order valence-electron chi connectivity index (χ3n) is 3.50. The molecule has 1 atom stereocenters. The highest BCUT2D eigenvalue weighted by atomic mass is 19.1. The van der Waals surface area contributed by atoms with Gasteiger partial charge in [0, 0.05) is 19.1 Å². The van der Waals surface area contributed by atoms with E-state index in [1.165, 1.54) is 6.07 Å². The summed E-state index contributed by atoms with van der Waals surface area (Å²) in [6, 6.07) is 5.28. The molecule has 0 saturated carbocycles. The van der Waals surface area contributed by atoms with Crippen molar-refractivity contribution >= 4 is 5.69 Å². The first-order chi connectivity index (χ1) is 9.63. The monoisotopic (exact) mass is 282 g/mol. The van der Waals surface area contributed by atoms with E-state index in [-0.39, 0.29) is 18.5 Å². The lowest BCUT2D eigenvalue weighted by atomic mass is 10.1. The van der Waals surface area contributed by atoms with Gasteiger partial charge in [-0.25, -0.2) is 4.39 Å². The van der Waals surface area contributed by atoms with E-state index in [4.69, 9.17) is 4.74 Å². The number of hydrogen-bond acceptors (Lipinski definition) is 4. The largest absolute Gasteiger partial charge is 0.394 e. The number of morpholine rings is 1. The van der Waals surface area contributed by atoms with Crippen molar-refractivity contribution in [1.82, 2.24) is 5.32 Å². The van der Waals surface area contributed by atoms with Gasteiger partial charge in [-0.15, -0.1) is 0 Å². The Labute approximate surface area is 119 Å². The Balaban J connectivity index is 2.28. The molecule has 0 aromatic heterocycles. The number of anilines is 1. The van der Waals surface area contributed by atoms with E-state index in [0.717, 1.165) is 5.56 Å². The van der Waals surface area contributed by atoms with Gasteiger partial charge in [0.25, 0.3) is 0 Å². The van der Waals surface area contributed by atoms with Gasteiger partial charge in [0.15, 0.2) is 0 Å². The molecule has 0 amide bonds. The highest BCUT2D eigenvalue weighted by Gasteiger charge is 2.26. The maximum Gasteiger partial charge on any atom is 0.146 e. The summed E-state index contributed by atoms with van der Waals surface area (Å²) >= 11 is 0. The minimum absolute atomic E-state index is 0.0363. The fourth-order valence-electron chi connectivity index (χ4n) is 2.44. The van der Waals surface area contributed by atoms with Gasteiger partial charge < -0.3 is 20.1 Å². The molecule has 1 fully saturated rings. The summed E-state index contributed by atoms with van der Waals surface area (Å²) in [7, 11) is 0. The van der Waals surface area contributed by atoms with Gasteiger partial charge >= 0.3 is 0 Å². The second-order valence-corrected chi connectivity index (χ2v) is 5.39. The number of aliphatic hydroxyl groups excluding tert-OH is 1. The molecular formula is C15H23FN2O2. The fraction of sp³-hybridized carbons (Fsp3) is 0.600. The summed E-state index contributed by atoms with van der Waals surface area (Å²) in [6.45, 7) is 6.28. The van der Waals surface area contributed by atoms with Crippen LogP contribution in [0.25, 0.3) is 0 Å². The average Bonchev–Trinajstić information content (AvgIpc) is 2.45. The molecule has 1 aromatic rings. The van der Waals surface area contributed by atoms with Crippen LogP contribution in [0.4, 0.5) is 10.1 Å². The summed E-state index contributed by atoms with van der Waals surface area (Å²) in [5.74, 6) is -0.242. The maximum absolute atomic E-state index is 14.3. The number of para-hydroxylation sites is 1. The molecule has 4 nitrogen and oxygen atoms in total. The van der Waals surface area contributed by atoms with Crippen LogP contribution >= 0.6 is 0 Å². The maximum atomic E-state index is 14.3. The van der Waals surface area contributed by atoms with Crippen molar-refractivity contribution < 1.29 is 14.2 Å².